The molecule has 2 nitrogen and oxygen atoms in total. The quantitative estimate of drug-likeness (QED) is 0.739. The first-order valence-corrected chi connectivity index (χ1v) is 5.15. The number of piperidine rings is 1. The van der Waals surface area contributed by atoms with E-state index in [1.165, 1.54) is 6.92 Å². The highest BCUT2D eigenvalue weighted by molar-refractivity contribution is 9.10. The van der Waals surface area contributed by atoms with Crippen LogP contribution in [-0.2, 0) is 0 Å². The van der Waals surface area contributed by atoms with Crippen LogP contribution >= 0.6 is 15.9 Å². The van der Waals surface area contributed by atoms with E-state index in [4.69, 9.17) is 0 Å². The van der Waals surface area contributed by atoms with Crippen molar-refractivity contribution in [2.45, 2.75) is 30.2 Å². The second kappa shape index (κ2) is 3.79. The van der Waals surface area contributed by atoms with Gasteiger partial charge in [0.25, 0.3) is 0 Å². The molecule has 1 unspecified atom stereocenters. The largest absolute Gasteiger partial charge is 0.383 e. The number of hydrogen-bond acceptors (Lipinski definition) is 2. The maximum Gasteiger partial charge on any atom is 0.329 e. The van der Waals surface area contributed by atoms with E-state index in [2.05, 4.69) is 21.2 Å². The fourth-order valence-corrected chi connectivity index (χ4v) is 1.94. The maximum absolute atomic E-state index is 12.9. The zero-order valence-corrected chi connectivity index (χ0v) is 9.07. The molecule has 78 valence electrons. The minimum Gasteiger partial charge on any atom is -0.383 e. The summed E-state index contributed by atoms with van der Waals surface area (Å²) in [5, 5.41) is 12.7. The molecule has 0 amide bonds. The first-order chi connectivity index (χ1) is 5.86. The Labute approximate surface area is 84.8 Å². The molecule has 1 aliphatic heterocycles. The summed E-state index contributed by atoms with van der Waals surface area (Å²) in [6.07, 6.45) is 1.18. The van der Waals surface area contributed by atoms with Crippen molar-refractivity contribution in [2.24, 2.45) is 5.92 Å². The molecular weight excluding hydrogens is 244 g/mol. The number of alkyl halides is 3. The standard InChI is InChI=1S/C8H14BrF2NO/c1-7(13,8(9,10)11)6-2-4-12-5-3-6/h6,12-13H,2-5H2,1H3. The lowest BCUT2D eigenvalue weighted by molar-refractivity contribution is -0.143. The van der Waals surface area contributed by atoms with Gasteiger partial charge in [-0.3, -0.25) is 0 Å². The van der Waals surface area contributed by atoms with Crippen molar-refractivity contribution < 1.29 is 13.9 Å². The Morgan fingerprint density at radius 1 is 1.38 bits per heavy atom. The van der Waals surface area contributed by atoms with Crippen molar-refractivity contribution in [3.63, 3.8) is 0 Å². The Kier molecular flexibility index (Phi) is 3.30. The minimum atomic E-state index is -3.21. The smallest absolute Gasteiger partial charge is 0.329 e. The molecule has 0 radical (unpaired) electrons. The van der Waals surface area contributed by atoms with Gasteiger partial charge < -0.3 is 10.4 Å². The number of hydrogen-bond donors (Lipinski definition) is 2. The molecule has 1 saturated heterocycles. The van der Waals surface area contributed by atoms with Crippen molar-refractivity contribution in [2.75, 3.05) is 13.1 Å². The molecule has 0 aliphatic carbocycles. The molecule has 5 heteroatoms. The van der Waals surface area contributed by atoms with Gasteiger partial charge in [-0.05, 0) is 54.7 Å². The van der Waals surface area contributed by atoms with Crippen molar-refractivity contribution in [3.8, 4) is 0 Å². The van der Waals surface area contributed by atoms with Crippen molar-refractivity contribution in [3.05, 3.63) is 0 Å². The lowest BCUT2D eigenvalue weighted by Gasteiger charge is -2.38. The molecule has 1 atom stereocenters. The second-order valence-electron chi connectivity index (χ2n) is 3.67. The SMILES string of the molecule is CC(O)(C1CCNCC1)C(F)(F)Br. The van der Waals surface area contributed by atoms with Gasteiger partial charge in [-0.15, -0.1) is 0 Å². The van der Waals surface area contributed by atoms with E-state index in [9.17, 15) is 13.9 Å². The van der Waals surface area contributed by atoms with Crippen LogP contribution in [0.25, 0.3) is 0 Å². The van der Waals surface area contributed by atoms with Gasteiger partial charge in [-0.1, -0.05) is 0 Å². The summed E-state index contributed by atoms with van der Waals surface area (Å²) in [5.74, 6) is -0.344. The van der Waals surface area contributed by atoms with Crippen molar-refractivity contribution in [1.82, 2.24) is 5.32 Å². The maximum atomic E-state index is 12.9. The molecule has 0 aromatic carbocycles. The van der Waals surface area contributed by atoms with E-state index >= 15 is 0 Å². The van der Waals surface area contributed by atoms with Gasteiger partial charge in [0, 0.05) is 0 Å². The third-order valence-electron chi connectivity index (χ3n) is 2.71. The second-order valence-corrected chi connectivity index (χ2v) is 4.67. The summed E-state index contributed by atoms with van der Waals surface area (Å²) in [5.41, 5.74) is -1.95. The Morgan fingerprint density at radius 3 is 2.23 bits per heavy atom. The van der Waals surface area contributed by atoms with Crippen LogP contribution in [0.4, 0.5) is 8.78 Å². The van der Waals surface area contributed by atoms with E-state index in [-0.39, 0.29) is 5.92 Å². The first kappa shape index (κ1) is 11.3. The number of rotatable bonds is 2. The molecule has 1 fully saturated rings. The monoisotopic (exact) mass is 257 g/mol. The topological polar surface area (TPSA) is 32.3 Å². The molecule has 1 rings (SSSR count). The van der Waals surface area contributed by atoms with Gasteiger partial charge in [0.15, 0.2) is 0 Å². The average Bonchev–Trinajstić information content (AvgIpc) is 2.04. The Bertz CT molecular complexity index is 175. The fraction of sp³-hybridized carbons (Fsp3) is 1.00. The van der Waals surface area contributed by atoms with Gasteiger partial charge in [0.05, 0.1) is 0 Å². The molecule has 0 spiro atoms. The van der Waals surface area contributed by atoms with E-state index in [1.807, 2.05) is 0 Å². The summed E-state index contributed by atoms with van der Waals surface area (Å²) >= 11 is 2.23. The summed E-state index contributed by atoms with van der Waals surface area (Å²) < 4.78 is 25.9. The van der Waals surface area contributed by atoms with Crippen molar-refractivity contribution >= 4 is 15.9 Å². The molecule has 1 heterocycles. The zero-order chi connectivity index (χ0) is 10.1. The Balaban J connectivity index is 2.67. The predicted octanol–water partition coefficient (Wildman–Crippen LogP) is 1.72. The van der Waals surface area contributed by atoms with Crippen LogP contribution in [0.5, 0.6) is 0 Å². The van der Waals surface area contributed by atoms with Crippen LogP contribution in [0.2, 0.25) is 0 Å². The summed E-state index contributed by atoms with van der Waals surface area (Å²) in [6.45, 7) is 2.59. The molecular formula is C8H14BrF2NO. The third kappa shape index (κ3) is 2.39. The van der Waals surface area contributed by atoms with Gasteiger partial charge in [0.2, 0.25) is 0 Å². The van der Waals surface area contributed by atoms with Crippen LogP contribution < -0.4 is 5.32 Å². The van der Waals surface area contributed by atoms with E-state index in [0.717, 1.165) is 0 Å². The minimum absolute atomic E-state index is 0.344. The molecule has 0 saturated carbocycles. The summed E-state index contributed by atoms with van der Waals surface area (Å²) in [6, 6.07) is 0. The highest BCUT2D eigenvalue weighted by atomic mass is 79.9. The zero-order valence-electron chi connectivity index (χ0n) is 7.49. The molecule has 13 heavy (non-hydrogen) atoms. The van der Waals surface area contributed by atoms with Crippen LogP contribution in [0, 0.1) is 5.92 Å². The first-order valence-electron chi connectivity index (χ1n) is 4.35. The van der Waals surface area contributed by atoms with Crippen molar-refractivity contribution in [1.29, 1.82) is 0 Å². The third-order valence-corrected chi connectivity index (χ3v) is 3.51. The van der Waals surface area contributed by atoms with Gasteiger partial charge >= 0.3 is 4.83 Å². The highest BCUT2D eigenvalue weighted by Gasteiger charge is 2.51. The number of nitrogens with one attached hydrogen (secondary N) is 1. The normalized spacial score (nSPS) is 25.6. The summed E-state index contributed by atoms with van der Waals surface area (Å²) in [4.78, 5) is -3.21. The number of halogens is 3. The average molecular weight is 258 g/mol. The molecule has 1 aliphatic rings. The van der Waals surface area contributed by atoms with E-state index in [1.54, 1.807) is 0 Å². The van der Waals surface area contributed by atoms with Gasteiger partial charge in [-0.25, -0.2) is 0 Å². The number of aliphatic hydroxyl groups is 1. The Morgan fingerprint density at radius 2 is 1.85 bits per heavy atom. The Hall–Kier alpha value is 0.260. The molecule has 0 aromatic heterocycles. The van der Waals surface area contributed by atoms with Gasteiger partial charge in [-0.2, -0.15) is 8.78 Å². The lowest BCUT2D eigenvalue weighted by atomic mass is 9.82. The van der Waals surface area contributed by atoms with E-state index < -0.39 is 10.4 Å². The van der Waals surface area contributed by atoms with Crippen LogP contribution in [0.3, 0.4) is 0 Å². The predicted molar refractivity (Wildman–Crippen MR) is 50.1 cm³/mol. The van der Waals surface area contributed by atoms with E-state index in [0.29, 0.717) is 25.9 Å². The molecule has 2 N–H and O–H groups in total. The van der Waals surface area contributed by atoms with Crippen LogP contribution in [0.15, 0.2) is 0 Å². The van der Waals surface area contributed by atoms with Crippen LogP contribution in [0.1, 0.15) is 19.8 Å². The fourth-order valence-electron chi connectivity index (χ4n) is 1.62. The molecule has 0 aromatic rings. The molecule has 0 bridgehead atoms. The highest BCUT2D eigenvalue weighted by Crippen LogP contribution is 2.42. The van der Waals surface area contributed by atoms with Gasteiger partial charge in [0.1, 0.15) is 5.60 Å². The summed E-state index contributed by atoms with van der Waals surface area (Å²) in [7, 11) is 0. The van der Waals surface area contributed by atoms with Crippen LogP contribution in [-0.4, -0.2) is 28.6 Å². The lowest BCUT2D eigenvalue weighted by Crippen LogP contribution is -2.50.